The molecule has 0 aliphatic carbocycles. The van der Waals surface area contributed by atoms with Gasteiger partial charge in [0.05, 0.1) is 5.75 Å². The number of carbonyl (C=O) groups excluding carboxylic acids is 2. The Morgan fingerprint density at radius 1 is 0.862 bits per heavy atom. The van der Waals surface area contributed by atoms with Crippen molar-refractivity contribution in [2.75, 3.05) is 32.7 Å². The predicted molar refractivity (Wildman–Crippen MR) is 111 cm³/mol. The van der Waals surface area contributed by atoms with Gasteiger partial charge in [-0.3, -0.25) is 9.59 Å². The average molecular weight is 416 g/mol. The van der Waals surface area contributed by atoms with Crippen molar-refractivity contribution in [3.8, 4) is 0 Å². The van der Waals surface area contributed by atoms with Crippen LogP contribution in [0.2, 0.25) is 0 Å². The lowest BCUT2D eigenvalue weighted by atomic mass is 10.2. The number of hydrogen-bond donors (Lipinski definition) is 1. The van der Waals surface area contributed by atoms with Crippen LogP contribution in [-0.4, -0.2) is 62.2 Å². The third-order valence-corrected chi connectivity index (χ3v) is 6.69. The third kappa shape index (κ3) is 5.88. The normalized spacial score (nSPS) is 15.1. The highest BCUT2D eigenvalue weighted by Crippen LogP contribution is 2.14. The molecule has 0 aromatic heterocycles. The van der Waals surface area contributed by atoms with Crippen LogP contribution in [-0.2, 0) is 20.6 Å². The molecule has 0 radical (unpaired) electrons. The summed E-state index contributed by atoms with van der Waals surface area (Å²) >= 11 is 0. The van der Waals surface area contributed by atoms with Crippen molar-refractivity contribution in [1.29, 1.82) is 0 Å². The van der Waals surface area contributed by atoms with E-state index < -0.39 is 10.0 Å². The van der Waals surface area contributed by atoms with Crippen molar-refractivity contribution in [1.82, 2.24) is 14.5 Å². The van der Waals surface area contributed by atoms with E-state index in [4.69, 9.17) is 0 Å². The number of rotatable bonds is 7. The molecule has 2 aromatic rings. The number of hydrogen-bond acceptors (Lipinski definition) is 4. The summed E-state index contributed by atoms with van der Waals surface area (Å²) in [6, 6.07) is 17.9. The fourth-order valence-corrected chi connectivity index (χ4v) is 4.74. The second-order valence-electron chi connectivity index (χ2n) is 6.89. The van der Waals surface area contributed by atoms with Gasteiger partial charge in [0, 0.05) is 44.7 Å². The van der Waals surface area contributed by atoms with Gasteiger partial charge in [0.1, 0.15) is 0 Å². The van der Waals surface area contributed by atoms with E-state index in [0.29, 0.717) is 18.7 Å². The minimum absolute atomic E-state index is 0.0344. The minimum Gasteiger partial charge on any atom is -0.352 e. The van der Waals surface area contributed by atoms with Crippen LogP contribution in [0.4, 0.5) is 0 Å². The molecule has 1 saturated heterocycles. The Morgan fingerprint density at radius 2 is 1.45 bits per heavy atom. The van der Waals surface area contributed by atoms with Crippen LogP contribution in [0.5, 0.6) is 0 Å². The Bertz CT molecular complexity index is 925. The van der Waals surface area contributed by atoms with Crippen LogP contribution >= 0.6 is 0 Å². The Labute approximate surface area is 171 Å². The van der Waals surface area contributed by atoms with Crippen molar-refractivity contribution >= 4 is 21.8 Å². The zero-order valence-electron chi connectivity index (χ0n) is 16.2. The van der Waals surface area contributed by atoms with Crippen LogP contribution in [0.1, 0.15) is 22.3 Å². The fourth-order valence-electron chi connectivity index (χ4n) is 3.22. The highest BCUT2D eigenvalue weighted by molar-refractivity contribution is 7.88. The van der Waals surface area contributed by atoms with E-state index >= 15 is 0 Å². The van der Waals surface area contributed by atoms with Gasteiger partial charge in [0.25, 0.3) is 5.91 Å². The summed E-state index contributed by atoms with van der Waals surface area (Å²) in [6.07, 6.45) is 0.190. The zero-order chi connectivity index (χ0) is 20.7. The summed E-state index contributed by atoms with van der Waals surface area (Å²) in [5.41, 5.74) is 1.30. The summed E-state index contributed by atoms with van der Waals surface area (Å²) < 4.78 is 26.6. The molecule has 154 valence electrons. The number of nitrogens with zero attached hydrogens (tertiary/aromatic N) is 2. The average Bonchev–Trinajstić information content (AvgIpc) is 2.74. The first-order valence-electron chi connectivity index (χ1n) is 9.58. The van der Waals surface area contributed by atoms with Crippen molar-refractivity contribution in [3.63, 3.8) is 0 Å². The molecule has 3 rings (SSSR count). The van der Waals surface area contributed by atoms with E-state index in [-0.39, 0.29) is 43.6 Å². The Morgan fingerprint density at radius 3 is 2.07 bits per heavy atom. The number of amides is 2. The van der Waals surface area contributed by atoms with Gasteiger partial charge in [0.15, 0.2) is 0 Å². The minimum atomic E-state index is -3.41. The molecule has 2 amide bonds. The van der Waals surface area contributed by atoms with Crippen LogP contribution in [0.25, 0.3) is 0 Å². The highest BCUT2D eigenvalue weighted by atomic mass is 32.2. The second kappa shape index (κ2) is 9.67. The maximum absolute atomic E-state index is 12.6. The van der Waals surface area contributed by atoms with Crippen molar-refractivity contribution in [2.45, 2.75) is 12.2 Å². The first kappa shape index (κ1) is 21.0. The van der Waals surface area contributed by atoms with Gasteiger partial charge in [-0.15, -0.1) is 0 Å². The van der Waals surface area contributed by atoms with E-state index in [1.165, 1.54) is 4.31 Å². The van der Waals surface area contributed by atoms with Gasteiger partial charge in [-0.2, -0.15) is 4.31 Å². The maximum atomic E-state index is 12.6. The SMILES string of the molecule is O=C(NCCC(=O)N1CCN(S(=O)(=O)Cc2ccccc2)CC1)c1ccccc1. The lowest BCUT2D eigenvalue weighted by Crippen LogP contribution is -2.51. The largest absolute Gasteiger partial charge is 0.352 e. The molecular weight excluding hydrogens is 390 g/mol. The van der Waals surface area contributed by atoms with Crippen molar-refractivity contribution in [2.24, 2.45) is 0 Å². The lowest BCUT2D eigenvalue weighted by molar-refractivity contribution is -0.132. The summed E-state index contributed by atoms with van der Waals surface area (Å²) in [5.74, 6) is -0.332. The third-order valence-electron chi connectivity index (χ3n) is 4.84. The standard InChI is InChI=1S/C21H25N3O4S/c25-20(11-12-22-21(26)19-9-5-2-6-10-19)23-13-15-24(16-14-23)29(27,28)17-18-7-3-1-4-8-18/h1-10H,11-17H2,(H,22,26). The van der Waals surface area contributed by atoms with Gasteiger partial charge in [-0.1, -0.05) is 48.5 Å². The molecule has 0 bridgehead atoms. The topological polar surface area (TPSA) is 86.8 Å². The molecular formula is C21H25N3O4S. The molecule has 0 saturated carbocycles. The predicted octanol–water partition coefficient (Wildman–Crippen LogP) is 1.48. The number of nitrogens with one attached hydrogen (secondary N) is 1. The van der Waals surface area contributed by atoms with Gasteiger partial charge in [0.2, 0.25) is 15.9 Å². The van der Waals surface area contributed by atoms with Crippen LogP contribution < -0.4 is 5.32 Å². The van der Waals surface area contributed by atoms with E-state index in [1.807, 2.05) is 24.3 Å². The lowest BCUT2D eigenvalue weighted by Gasteiger charge is -2.34. The van der Waals surface area contributed by atoms with Gasteiger partial charge in [-0.05, 0) is 17.7 Å². The monoisotopic (exact) mass is 415 g/mol. The summed E-state index contributed by atoms with van der Waals surface area (Å²) in [6.45, 7) is 1.55. The smallest absolute Gasteiger partial charge is 0.251 e. The molecule has 0 unspecified atom stereocenters. The molecule has 29 heavy (non-hydrogen) atoms. The molecule has 0 atom stereocenters. The number of carbonyl (C=O) groups is 2. The number of benzene rings is 2. The van der Waals surface area contributed by atoms with Crippen LogP contribution in [0.3, 0.4) is 0 Å². The molecule has 1 aliphatic rings. The first-order chi connectivity index (χ1) is 14.0. The quantitative estimate of drug-likeness (QED) is 0.742. The Kier molecular flexibility index (Phi) is 7.00. The summed E-state index contributed by atoms with van der Waals surface area (Å²) in [7, 11) is -3.41. The number of piperazine rings is 1. The van der Waals surface area contributed by atoms with Crippen LogP contribution in [0.15, 0.2) is 60.7 Å². The molecule has 2 aromatic carbocycles. The Hall–Kier alpha value is -2.71. The second-order valence-corrected chi connectivity index (χ2v) is 8.86. The molecule has 7 nitrogen and oxygen atoms in total. The molecule has 8 heteroatoms. The molecule has 1 N–H and O–H groups in total. The van der Waals surface area contributed by atoms with Crippen molar-refractivity contribution < 1.29 is 18.0 Å². The molecule has 1 heterocycles. The summed E-state index contributed by atoms with van der Waals surface area (Å²) in [5, 5.41) is 2.74. The van der Waals surface area contributed by atoms with E-state index in [1.54, 1.807) is 41.3 Å². The van der Waals surface area contributed by atoms with E-state index in [0.717, 1.165) is 5.56 Å². The van der Waals surface area contributed by atoms with Crippen LogP contribution in [0, 0.1) is 0 Å². The molecule has 0 spiro atoms. The number of sulfonamides is 1. The van der Waals surface area contributed by atoms with E-state index in [2.05, 4.69) is 5.32 Å². The van der Waals surface area contributed by atoms with Gasteiger partial charge < -0.3 is 10.2 Å². The van der Waals surface area contributed by atoms with Gasteiger partial charge in [-0.25, -0.2) is 8.42 Å². The molecule has 1 fully saturated rings. The zero-order valence-corrected chi connectivity index (χ0v) is 17.0. The maximum Gasteiger partial charge on any atom is 0.251 e. The Balaban J connectivity index is 1.43. The first-order valence-corrected chi connectivity index (χ1v) is 11.2. The summed E-state index contributed by atoms with van der Waals surface area (Å²) in [4.78, 5) is 26.0. The van der Waals surface area contributed by atoms with E-state index in [9.17, 15) is 18.0 Å². The molecule has 1 aliphatic heterocycles. The highest BCUT2D eigenvalue weighted by Gasteiger charge is 2.28. The van der Waals surface area contributed by atoms with Gasteiger partial charge >= 0.3 is 0 Å². The van der Waals surface area contributed by atoms with Crippen molar-refractivity contribution in [3.05, 3.63) is 71.8 Å². The fraction of sp³-hybridized carbons (Fsp3) is 0.333.